The molecule has 2 heteroatoms. The normalized spacial score (nSPS) is 22.2. The highest BCUT2D eigenvalue weighted by Gasteiger charge is 2.18. The van der Waals surface area contributed by atoms with Crippen LogP contribution in [0.5, 0.6) is 0 Å². The zero-order valence-corrected chi connectivity index (χ0v) is 10.8. The van der Waals surface area contributed by atoms with E-state index < -0.39 is 0 Å². The molecule has 0 atom stereocenters. The summed E-state index contributed by atoms with van der Waals surface area (Å²) in [5, 5.41) is 0. The molecular weight excluding hydrogens is 184 g/mol. The van der Waals surface area contributed by atoms with Gasteiger partial charge >= 0.3 is 0 Å². The lowest BCUT2D eigenvalue weighted by atomic mass is 9.87. The molecule has 1 heterocycles. The van der Waals surface area contributed by atoms with Gasteiger partial charge in [0.1, 0.15) is 0 Å². The predicted octanol–water partition coefficient (Wildman–Crippen LogP) is 2.35. The minimum Gasteiger partial charge on any atom is -0.376 e. The first-order valence-corrected chi connectivity index (χ1v) is 5.60. The zero-order chi connectivity index (χ0) is 11.6. The SMILES string of the molecule is C=C(/C=C1/CN(C)CCN1C)C(C)(C)C. The van der Waals surface area contributed by atoms with Crippen molar-refractivity contribution in [2.75, 3.05) is 33.7 Å². The van der Waals surface area contributed by atoms with Crippen molar-refractivity contribution in [3.8, 4) is 0 Å². The van der Waals surface area contributed by atoms with E-state index in [4.69, 9.17) is 0 Å². The van der Waals surface area contributed by atoms with Crippen LogP contribution in [-0.4, -0.2) is 43.5 Å². The lowest BCUT2D eigenvalue weighted by Crippen LogP contribution is -2.40. The van der Waals surface area contributed by atoms with Crippen molar-refractivity contribution >= 4 is 0 Å². The Labute approximate surface area is 94.3 Å². The minimum atomic E-state index is 0.170. The number of piperazine rings is 1. The van der Waals surface area contributed by atoms with Crippen molar-refractivity contribution in [2.24, 2.45) is 5.41 Å². The second kappa shape index (κ2) is 4.40. The third-order valence-electron chi connectivity index (χ3n) is 3.04. The van der Waals surface area contributed by atoms with E-state index in [9.17, 15) is 0 Å². The summed E-state index contributed by atoms with van der Waals surface area (Å²) < 4.78 is 0. The van der Waals surface area contributed by atoms with E-state index >= 15 is 0 Å². The van der Waals surface area contributed by atoms with Gasteiger partial charge in [0.05, 0.1) is 0 Å². The Morgan fingerprint density at radius 2 is 1.87 bits per heavy atom. The molecule has 15 heavy (non-hydrogen) atoms. The first kappa shape index (κ1) is 12.3. The number of hydrogen-bond donors (Lipinski definition) is 0. The van der Waals surface area contributed by atoms with Gasteiger partial charge in [-0.1, -0.05) is 27.4 Å². The average Bonchev–Trinajstić information content (AvgIpc) is 2.09. The molecule has 0 unspecified atom stereocenters. The molecule has 1 saturated heterocycles. The molecule has 0 amide bonds. The van der Waals surface area contributed by atoms with Gasteiger partial charge in [-0.3, -0.25) is 4.90 Å². The molecule has 1 aliphatic heterocycles. The maximum absolute atomic E-state index is 4.16. The standard InChI is InChI=1S/C13H24N2/c1-11(13(2,3)4)9-12-10-14(5)7-8-15(12)6/h9H,1,7-8,10H2,2-6H3/b12-9-. The summed E-state index contributed by atoms with van der Waals surface area (Å²) in [5.74, 6) is 0. The molecule has 0 aromatic rings. The predicted molar refractivity (Wildman–Crippen MR) is 66.8 cm³/mol. The number of likely N-dealkylation sites (N-methyl/N-ethyl adjacent to an activating group) is 2. The van der Waals surface area contributed by atoms with Crippen molar-refractivity contribution < 1.29 is 0 Å². The molecule has 1 aliphatic rings. The molecule has 0 saturated carbocycles. The highest BCUT2D eigenvalue weighted by molar-refractivity contribution is 5.26. The smallest absolute Gasteiger partial charge is 0.0381 e. The molecular formula is C13H24N2. The largest absolute Gasteiger partial charge is 0.376 e. The molecule has 0 aromatic carbocycles. The van der Waals surface area contributed by atoms with Crippen LogP contribution in [0.15, 0.2) is 23.9 Å². The monoisotopic (exact) mass is 208 g/mol. The maximum Gasteiger partial charge on any atom is 0.0381 e. The molecule has 1 rings (SSSR count). The molecule has 86 valence electrons. The van der Waals surface area contributed by atoms with Crippen LogP contribution < -0.4 is 0 Å². The number of rotatable bonds is 1. The number of allylic oxidation sites excluding steroid dienone is 2. The number of nitrogens with zero attached hydrogens (tertiary/aromatic N) is 2. The summed E-state index contributed by atoms with van der Waals surface area (Å²) in [6.45, 7) is 14.1. The molecule has 0 radical (unpaired) electrons. The van der Waals surface area contributed by atoms with E-state index in [1.807, 2.05) is 0 Å². The van der Waals surface area contributed by atoms with Crippen LogP contribution >= 0.6 is 0 Å². The van der Waals surface area contributed by atoms with Crippen molar-refractivity contribution in [3.05, 3.63) is 23.9 Å². The highest BCUT2D eigenvalue weighted by atomic mass is 15.2. The van der Waals surface area contributed by atoms with Crippen LogP contribution in [0, 0.1) is 5.41 Å². The maximum atomic E-state index is 4.16. The summed E-state index contributed by atoms with van der Waals surface area (Å²) in [5.41, 5.74) is 2.76. The Morgan fingerprint density at radius 3 is 2.40 bits per heavy atom. The van der Waals surface area contributed by atoms with Crippen LogP contribution in [-0.2, 0) is 0 Å². The average molecular weight is 208 g/mol. The second-order valence-electron chi connectivity index (χ2n) is 5.57. The van der Waals surface area contributed by atoms with E-state index in [2.05, 4.69) is 57.3 Å². The Bertz CT molecular complexity index is 271. The first-order valence-electron chi connectivity index (χ1n) is 5.60. The fourth-order valence-electron chi connectivity index (χ4n) is 1.51. The quantitative estimate of drug-likeness (QED) is 0.652. The van der Waals surface area contributed by atoms with Gasteiger partial charge in [0.25, 0.3) is 0 Å². The Kier molecular flexibility index (Phi) is 3.61. The van der Waals surface area contributed by atoms with Gasteiger partial charge in [-0.2, -0.15) is 0 Å². The third kappa shape index (κ3) is 3.38. The fourth-order valence-corrected chi connectivity index (χ4v) is 1.51. The van der Waals surface area contributed by atoms with Gasteiger partial charge < -0.3 is 4.90 Å². The van der Waals surface area contributed by atoms with Crippen molar-refractivity contribution in [3.63, 3.8) is 0 Å². The van der Waals surface area contributed by atoms with Crippen LogP contribution in [0.25, 0.3) is 0 Å². The lowest BCUT2D eigenvalue weighted by molar-refractivity contribution is 0.229. The van der Waals surface area contributed by atoms with Crippen LogP contribution in [0.1, 0.15) is 20.8 Å². The number of hydrogen-bond acceptors (Lipinski definition) is 2. The zero-order valence-electron chi connectivity index (χ0n) is 10.8. The summed E-state index contributed by atoms with van der Waals surface area (Å²) in [7, 11) is 4.33. The van der Waals surface area contributed by atoms with Crippen molar-refractivity contribution in [2.45, 2.75) is 20.8 Å². The topological polar surface area (TPSA) is 6.48 Å². The minimum absolute atomic E-state index is 0.170. The summed E-state index contributed by atoms with van der Waals surface area (Å²) in [4.78, 5) is 4.68. The van der Waals surface area contributed by atoms with Gasteiger partial charge in [-0.05, 0) is 24.1 Å². The van der Waals surface area contributed by atoms with Crippen molar-refractivity contribution in [1.82, 2.24) is 9.80 Å². The van der Waals surface area contributed by atoms with E-state index in [-0.39, 0.29) is 5.41 Å². The van der Waals surface area contributed by atoms with Crippen molar-refractivity contribution in [1.29, 1.82) is 0 Å². The molecule has 0 aliphatic carbocycles. The Hall–Kier alpha value is -0.760. The van der Waals surface area contributed by atoms with Crippen LogP contribution in [0.4, 0.5) is 0 Å². The van der Waals surface area contributed by atoms with E-state index in [0.29, 0.717) is 0 Å². The molecule has 1 fully saturated rings. The van der Waals surface area contributed by atoms with Gasteiger partial charge in [0.2, 0.25) is 0 Å². The molecule has 2 nitrogen and oxygen atoms in total. The van der Waals surface area contributed by atoms with E-state index in [1.54, 1.807) is 0 Å². The van der Waals surface area contributed by atoms with Gasteiger partial charge in [-0.25, -0.2) is 0 Å². The summed E-state index contributed by atoms with van der Waals surface area (Å²) in [6.07, 6.45) is 2.25. The summed E-state index contributed by atoms with van der Waals surface area (Å²) in [6, 6.07) is 0. The molecule has 0 bridgehead atoms. The molecule has 0 aromatic heterocycles. The van der Waals surface area contributed by atoms with Crippen LogP contribution in [0.3, 0.4) is 0 Å². The van der Waals surface area contributed by atoms with Gasteiger partial charge in [0.15, 0.2) is 0 Å². The summed E-state index contributed by atoms with van der Waals surface area (Å²) >= 11 is 0. The Balaban J connectivity index is 2.77. The highest BCUT2D eigenvalue weighted by Crippen LogP contribution is 2.26. The lowest BCUT2D eigenvalue weighted by Gasteiger charge is -2.34. The van der Waals surface area contributed by atoms with Gasteiger partial charge in [0, 0.05) is 32.4 Å². The fraction of sp³-hybridized carbons (Fsp3) is 0.692. The first-order chi connectivity index (χ1) is 6.80. The van der Waals surface area contributed by atoms with E-state index in [1.165, 1.54) is 11.3 Å². The Morgan fingerprint density at radius 1 is 1.27 bits per heavy atom. The van der Waals surface area contributed by atoms with Gasteiger partial charge in [-0.15, -0.1) is 0 Å². The third-order valence-corrected chi connectivity index (χ3v) is 3.04. The second-order valence-corrected chi connectivity index (χ2v) is 5.57. The molecule has 0 spiro atoms. The van der Waals surface area contributed by atoms with E-state index in [0.717, 1.165) is 19.6 Å². The van der Waals surface area contributed by atoms with Crippen LogP contribution in [0.2, 0.25) is 0 Å². The molecule has 0 N–H and O–H groups in total.